The van der Waals surface area contributed by atoms with Gasteiger partial charge in [0.2, 0.25) is 0 Å². The van der Waals surface area contributed by atoms with Crippen LogP contribution in [0.25, 0.3) is 5.69 Å². The molecule has 1 aromatic heterocycles. The summed E-state index contributed by atoms with van der Waals surface area (Å²) in [5.41, 5.74) is 7.41. The second kappa shape index (κ2) is 6.23. The molecule has 1 aliphatic rings. The van der Waals surface area contributed by atoms with Crippen LogP contribution in [0.1, 0.15) is 19.4 Å². The molecule has 6 nitrogen and oxygen atoms in total. The van der Waals surface area contributed by atoms with Crippen LogP contribution in [-0.4, -0.2) is 26.7 Å². The van der Waals surface area contributed by atoms with Crippen LogP contribution in [-0.2, 0) is 0 Å². The van der Waals surface area contributed by atoms with E-state index in [9.17, 15) is 0 Å². The van der Waals surface area contributed by atoms with Crippen molar-refractivity contribution in [3.8, 4) is 5.69 Å². The van der Waals surface area contributed by atoms with Crippen LogP contribution in [0, 0.1) is 3.70 Å². The molecule has 0 radical (unpaired) electrons. The summed E-state index contributed by atoms with van der Waals surface area (Å²) in [5, 5.41) is 11.8. The highest BCUT2D eigenvalue weighted by molar-refractivity contribution is 14.1. The van der Waals surface area contributed by atoms with Gasteiger partial charge in [0.1, 0.15) is 3.70 Å². The van der Waals surface area contributed by atoms with E-state index in [1.807, 2.05) is 5.01 Å². The summed E-state index contributed by atoms with van der Waals surface area (Å²) in [4.78, 5) is 0. The van der Waals surface area contributed by atoms with E-state index in [1.165, 1.54) is 0 Å². The highest BCUT2D eigenvalue weighted by atomic mass is 127. The van der Waals surface area contributed by atoms with Crippen molar-refractivity contribution in [1.29, 1.82) is 0 Å². The lowest BCUT2D eigenvalue weighted by atomic mass is 10.2. The molecule has 0 aliphatic carbocycles. The smallest absolute Gasteiger partial charge is 0.177 e. The van der Waals surface area contributed by atoms with Gasteiger partial charge in [-0.3, -0.25) is 5.01 Å². The van der Waals surface area contributed by atoms with Crippen molar-refractivity contribution in [1.82, 2.24) is 25.9 Å². The third-order valence-corrected chi connectivity index (χ3v) is 4.76. The van der Waals surface area contributed by atoms with Gasteiger partial charge in [0.05, 0.1) is 22.5 Å². The number of benzene rings is 1. The molecule has 2 heterocycles. The summed E-state index contributed by atoms with van der Waals surface area (Å²) < 4.78 is 2.65. The Labute approximate surface area is 151 Å². The van der Waals surface area contributed by atoms with Gasteiger partial charge in [-0.2, -0.15) is 5.10 Å². The van der Waals surface area contributed by atoms with Crippen LogP contribution >= 0.6 is 45.8 Å². The number of hydrazine groups is 2. The van der Waals surface area contributed by atoms with E-state index in [0.717, 1.165) is 20.8 Å². The zero-order valence-corrected chi connectivity index (χ0v) is 15.5. The highest BCUT2D eigenvalue weighted by Crippen LogP contribution is 2.27. The molecular weight excluding hydrogens is 438 g/mol. The van der Waals surface area contributed by atoms with Crippen LogP contribution in [0.4, 0.5) is 0 Å². The summed E-state index contributed by atoms with van der Waals surface area (Å²) in [5.74, 6) is 0.781. The molecule has 2 aromatic rings. The number of halogens is 3. The topological polar surface area (TPSA) is 57.5 Å². The van der Waals surface area contributed by atoms with E-state index < -0.39 is 0 Å². The first-order valence-corrected chi connectivity index (χ1v) is 8.39. The standard InChI is InChI=1S/C13H13Cl2IN6/c1-7(2)21-13(18-19-20-21)9-6-17-22(12(9)16)11-5-8(14)3-4-10(11)15/h3-7,19-20H,1-2H3. The van der Waals surface area contributed by atoms with Gasteiger partial charge in [-0.15, -0.1) is 10.6 Å². The first-order chi connectivity index (χ1) is 10.5. The van der Waals surface area contributed by atoms with Crippen LogP contribution in [0.5, 0.6) is 0 Å². The maximum atomic E-state index is 6.26. The quantitative estimate of drug-likeness (QED) is 0.705. The minimum Gasteiger partial charge on any atom is -0.268 e. The number of amidine groups is 1. The fourth-order valence-corrected chi connectivity index (χ4v) is 3.23. The molecule has 1 aliphatic heterocycles. The Bertz CT molecular complexity index is 742. The summed E-state index contributed by atoms with van der Waals surface area (Å²) in [6.45, 7) is 4.14. The Morgan fingerprint density at radius 1 is 1.27 bits per heavy atom. The minimum atomic E-state index is 0.239. The number of aromatic nitrogens is 2. The van der Waals surface area contributed by atoms with Gasteiger partial charge in [0.15, 0.2) is 5.84 Å². The van der Waals surface area contributed by atoms with Crippen molar-refractivity contribution in [3.05, 3.63) is 43.7 Å². The largest absolute Gasteiger partial charge is 0.268 e. The Morgan fingerprint density at radius 3 is 2.77 bits per heavy atom. The molecule has 22 heavy (non-hydrogen) atoms. The zero-order valence-electron chi connectivity index (χ0n) is 11.8. The first-order valence-electron chi connectivity index (χ1n) is 6.56. The molecule has 116 valence electrons. The van der Waals surface area contributed by atoms with Crippen molar-refractivity contribution in [2.45, 2.75) is 19.9 Å². The third-order valence-electron chi connectivity index (χ3n) is 3.16. The predicted octanol–water partition coefficient (Wildman–Crippen LogP) is 3.18. The first kappa shape index (κ1) is 15.9. The van der Waals surface area contributed by atoms with Crippen molar-refractivity contribution < 1.29 is 0 Å². The van der Waals surface area contributed by atoms with Crippen molar-refractivity contribution in [2.75, 3.05) is 0 Å². The lowest BCUT2D eigenvalue weighted by Gasteiger charge is -2.22. The molecule has 0 atom stereocenters. The van der Waals surface area contributed by atoms with Crippen molar-refractivity contribution in [3.63, 3.8) is 0 Å². The molecular formula is C13H13Cl2IN6. The lowest BCUT2D eigenvalue weighted by molar-refractivity contribution is 0.246. The van der Waals surface area contributed by atoms with Gasteiger partial charge in [0.25, 0.3) is 0 Å². The Balaban J connectivity index is 2.05. The molecule has 3 rings (SSSR count). The third kappa shape index (κ3) is 2.78. The maximum Gasteiger partial charge on any atom is 0.177 e. The van der Waals surface area contributed by atoms with Gasteiger partial charge >= 0.3 is 0 Å². The summed E-state index contributed by atoms with van der Waals surface area (Å²) in [7, 11) is 0. The summed E-state index contributed by atoms with van der Waals surface area (Å²) in [6, 6.07) is 5.53. The average Bonchev–Trinajstić information content (AvgIpc) is 3.08. The molecule has 0 fully saturated rings. The van der Waals surface area contributed by atoms with Crippen LogP contribution in [0.2, 0.25) is 10.0 Å². The summed E-state index contributed by atoms with van der Waals surface area (Å²) >= 11 is 14.6. The van der Waals surface area contributed by atoms with Crippen LogP contribution in [0.3, 0.4) is 0 Å². The summed E-state index contributed by atoms with van der Waals surface area (Å²) in [6.07, 6.45) is 1.77. The van der Waals surface area contributed by atoms with Crippen LogP contribution < -0.4 is 11.1 Å². The second-order valence-corrected chi connectivity index (χ2v) is 6.84. The van der Waals surface area contributed by atoms with Crippen LogP contribution in [0.15, 0.2) is 29.5 Å². The van der Waals surface area contributed by atoms with Gasteiger partial charge in [-0.05, 0) is 54.6 Å². The van der Waals surface area contributed by atoms with E-state index in [2.05, 4.69) is 57.7 Å². The highest BCUT2D eigenvalue weighted by Gasteiger charge is 2.26. The average molecular weight is 451 g/mol. The van der Waals surface area contributed by atoms with E-state index in [-0.39, 0.29) is 6.04 Å². The number of hydrogen-bond acceptors (Lipinski definition) is 5. The number of nitrogens with zero attached hydrogens (tertiary/aromatic N) is 4. The fraction of sp³-hybridized carbons (Fsp3) is 0.231. The Kier molecular flexibility index (Phi) is 4.49. The van der Waals surface area contributed by atoms with E-state index >= 15 is 0 Å². The van der Waals surface area contributed by atoms with E-state index in [0.29, 0.717) is 10.0 Å². The van der Waals surface area contributed by atoms with E-state index in [4.69, 9.17) is 23.2 Å². The number of rotatable bonds is 3. The van der Waals surface area contributed by atoms with Crippen molar-refractivity contribution in [2.24, 2.45) is 5.10 Å². The van der Waals surface area contributed by atoms with Crippen molar-refractivity contribution >= 4 is 51.6 Å². The SMILES string of the molecule is CC(C)N1NNN=C1c1cnn(-c2cc(Cl)ccc2Cl)c1I. The van der Waals surface area contributed by atoms with Gasteiger partial charge in [-0.1, -0.05) is 23.2 Å². The number of nitrogens with one attached hydrogen (secondary N) is 2. The van der Waals surface area contributed by atoms with Gasteiger partial charge in [-0.25, -0.2) is 10.2 Å². The molecule has 0 spiro atoms. The predicted molar refractivity (Wildman–Crippen MR) is 96.1 cm³/mol. The van der Waals surface area contributed by atoms with Gasteiger partial charge in [0, 0.05) is 11.1 Å². The van der Waals surface area contributed by atoms with E-state index in [1.54, 1.807) is 29.1 Å². The van der Waals surface area contributed by atoms with Gasteiger partial charge < -0.3 is 0 Å². The molecule has 0 saturated heterocycles. The Hall–Kier alpha value is -1.03. The minimum absolute atomic E-state index is 0.239. The normalized spacial score (nSPS) is 14.5. The molecule has 0 unspecified atom stereocenters. The molecule has 1 aromatic carbocycles. The molecule has 9 heteroatoms. The molecule has 2 N–H and O–H groups in total. The molecule has 0 bridgehead atoms. The second-order valence-electron chi connectivity index (χ2n) is 4.98. The zero-order chi connectivity index (χ0) is 15.9. The maximum absolute atomic E-state index is 6.26. The monoisotopic (exact) mass is 450 g/mol. The lowest BCUT2D eigenvalue weighted by Crippen LogP contribution is -2.45. The molecule has 0 saturated carbocycles. The fourth-order valence-electron chi connectivity index (χ4n) is 2.10. The molecule has 0 amide bonds. The number of hydrazone groups is 1. The number of hydrogen-bond donors (Lipinski definition) is 2. The Morgan fingerprint density at radius 2 is 2.05 bits per heavy atom.